The van der Waals surface area contributed by atoms with E-state index in [1.54, 1.807) is 4.90 Å². The van der Waals surface area contributed by atoms with Gasteiger partial charge in [-0.3, -0.25) is 15.0 Å². The molecule has 3 rings (SSSR count). The van der Waals surface area contributed by atoms with Crippen LogP contribution in [0.4, 0.5) is 10.5 Å². The topological polar surface area (TPSA) is 49.4 Å². The third kappa shape index (κ3) is 1.95. The zero-order valence-corrected chi connectivity index (χ0v) is 10.6. The predicted molar refractivity (Wildman–Crippen MR) is 74.0 cm³/mol. The number of imide groups is 1. The molecule has 0 aromatic heterocycles. The van der Waals surface area contributed by atoms with Crippen molar-refractivity contribution >= 4 is 28.4 Å². The average Bonchev–Trinajstić information content (AvgIpc) is 2.42. The Labute approximate surface area is 111 Å². The standard InChI is InChI=1S/C15H14N2O2/c1-10-9-17(15(19)16-14(10)18)13-8-4-6-11-5-2-3-7-12(11)13/h2-8,10H,9H2,1H3,(H,16,18,19). The van der Waals surface area contributed by atoms with E-state index < -0.39 is 0 Å². The molecule has 4 nitrogen and oxygen atoms in total. The Bertz CT molecular complexity index is 661. The molecule has 3 amide bonds. The second-order valence-electron chi connectivity index (χ2n) is 4.80. The Morgan fingerprint density at radius 1 is 1.11 bits per heavy atom. The molecule has 1 fully saturated rings. The molecule has 0 radical (unpaired) electrons. The minimum absolute atomic E-state index is 0.198. The molecule has 1 aliphatic rings. The molecule has 19 heavy (non-hydrogen) atoms. The average molecular weight is 254 g/mol. The van der Waals surface area contributed by atoms with Crippen molar-refractivity contribution in [2.24, 2.45) is 5.92 Å². The number of anilines is 1. The lowest BCUT2D eigenvalue weighted by Gasteiger charge is -2.31. The first-order chi connectivity index (χ1) is 9.16. The van der Waals surface area contributed by atoms with Crippen LogP contribution >= 0.6 is 0 Å². The molecule has 0 spiro atoms. The van der Waals surface area contributed by atoms with E-state index in [1.807, 2.05) is 49.4 Å². The lowest BCUT2D eigenvalue weighted by Crippen LogP contribution is -2.53. The molecule has 2 aromatic carbocycles. The number of rotatable bonds is 1. The maximum absolute atomic E-state index is 12.0. The SMILES string of the molecule is CC1CN(c2cccc3ccccc23)C(=O)NC1=O. The summed E-state index contributed by atoms with van der Waals surface area (Å²) in [5, 5.41) is 4.49. The smallest absolute Gasteiger partial charge is 0.293 e. The number of benzene rings is 2. The molecular weight excluding hydrogens is 240 g/mol. The van der Waals surface area contributed by atoms with E-state index in [2.05, 4.69) is 5.32 Å². The number of nitrogens with zero attached hydrogens (tertiary/aromatic N) is 1. The number of carbonyl (C=O) groups is 2. The Balaban J connectivity index is 2.09. The number of carbonyl (C=O) groups excluding carboxylic acids is 2. The van der Waals surface area contributed by atoms with Crippen molar-refractivity contribution in [3.63, 3.8) is 0 Å². The van der Waals surface area contributed by atoms with E-state index in [4.69, 9.17) is 0 Å². The van der Waals surface area contributed by atoms with Gasteiger partial charge in [0, 0.05) is 11.9 Å². The monoisotopic (exact) mass is 254 g/mol. The summed E-state index contributed by atoms with van der Waals surface area (Å²) in [5.74, 6) is -0.404. The fraction of sp³-hybridized carbons (Fsp3) is 0.200. The summed E-state index contributed by atoms with van der Waals surface area (Å²) in [4.78, 5) is 25.1. The van der Waals surface area contributed by atoms with Gasteiger partial charge < -0.3 is 0 Å². The number of nitrogens with one attached hydrogen (secondary N) is 1. The fourth-order valence-electron chi connectivity index (χ4n) is 2.39. The van der Waals surface area contributed by atoms with Crippen LogP contribution in [-0.4, -0.2) is 18.5 Å². The van der Waals surface area contributed by atoms with E-state index in [0.29, 0.717) is 6.54 Å². The first-order valence-corrected chi connectivity index (χ1v) is 6.27. The van der Waals surface area contributed by atoms with Gasteiger partial charge in [0.2, 0.25) is 5.91 Å². The Hall–Kier alpha value is -2.36. The number of hydrogen-bond acceptors (Lipinski definition) is 2. The van der Waals surface area contributed by atoms with Gasteiger partial charge in [0.05, 0.1) is 11.6 Å². The molecule has 4 heteroatoms. The fourth-order valence-corrected chi connectivity index (χ4v) is 2.39. The van der Waals surface area contributed by atoms with Crippen LogP contribution in [0.1, 0.15) is 6.92 Å². The zero-order valence-electron chi connectivity index (χ0n) is 10.6. The summed E-state index contributed by atoms with van der Waals surface area (Å²) < 4.78 is 0. The lowest BCUT2D eigenvalue weighted by atomic mass is 10.0. The largest absolute Gasteiger partial charge is 0.328 e. The van der Waals surface area contributed by atoms with Crippen LogP contribution in [0.15, 0.2) is 42.5 Å². The van der Waals surface area contributed by atoms with Crippen molar-refractivity contribution in [1.29, 1.82) is 0 Å². The van der Waals surface area contributed by atoms with Gasteiger partial charge in [0.15, 0.2) is 0 Å². The second-order valence-corrected chi connectivity index (χ2v) is 4.80. The summed E-state index contributed by atoms with van der Waals surface area (Å²) in [6.07, 6.45) is 0. The number of hydrogen-bond donors (Lipinski definition) is 1. The number of amides is 3. The molecule has 96 valence electrons. The van der Waals surface area contributed by atoms with Gasteiger partial charge in [-0.1, -0.05) is 43.3 Å². The highest BCUT2D eigenvalue weighted by atomic mass is 16.2. The minimum Gasteiger partial charge on any atom is -0.293 e. The molecular formula is C15H14N2O2. The third-order valence-electron chi connectivity index (χ3n) is 3.44. The first kappa shape index (κ1) is 11.7. The van der Waals surface area contributed by atoms with E-state index in [9.17, 15) is 9.59 Å². The van der Waals surface area contributed by atoms with E-state index in [1.165, 1.54) is 0 Å². The van der Waals surface area contributed by atoms with Crippen molar-refractivity contribution in [3.05, 3.63) is 42.5 Å². The molecule has 2 aromatic rings. The molecule has 1 saturated heterocycles. The van der Waals surface area contributed by atoms with Crippen molar-refractivity contribution in [1.82, 2.24) is 5.32 Å². The van der Waals surface area contributed by atoms with E-state index in [0.717, 1.165) is 16.5 Å². The van der Waals surface area contributed by atoms with Crippen molar-refractivity contribution in [2.75, 3.05) is 11.4 Å². The summed E-state index contributed by atoms with van der Waals surface area (Å²) in [6.45, 7) is 2.23. The van der Waals surface area contributed by atoms with Crippen LogP contribution < -0.4 is 10.2 Å². The summed E-state index contributed by atoms with van der Waals surface area (Å²) >= 11 is 0. The van der Waals surface area contributed by atoms with Gasteiger partial charge in [-0.15, -0.1) is 0 Å². The van der Waals surface area contributed by atoms with Crippen LogP contribution in [0.3, 0.4) is 0 Å². The first-order valence-electron chi connectivity index (χ1n) is 6.27. The van der Waals surface area contributed by atoms with Crippen LogP contribution in [0, 0.1) is 5.92 Å². The second kappa shape index (κ2) is 4.39. The van der Waals surface area contributed by atoms with Gasteiger partial charge in [0.25, 0.3) is 0 Å². The Kier molecular flexibility index (Phi) is 2.71. The van der Waals surface area contributed by atoms with Crippen molar-refractivity contribution in [2.45, 2.75) is 6.92 Å². The molecule has 1 N–H and O–H groups in total. The lowest BCUT2D eigenvalue weighted by molar-refractivity contribution is -0.123. The predicted octanol–water partition coefficient (Wildman–Crippen LogP) is 2.53. The number of urea groups is 1. The van der Waals surface area contributed by atoms with Crippen LogP contribution in [0.2, 0.25) is 0 Å². The number of fused-ring (bicyclic) bond motifs is 1. The van der Waals surface area contributed by atoms with Gasteiger partial charge in [-0.25, -0.2) is 4.79 Å². The van der Waals surface area contributed by atoms with Crippen LogP contribution in [0.25, 0.3) is 10.8 Å². The van der Waals surface area contributed by atoms with E-state index >= 15 is 0 Å². The van der Waals surface area contributed by atoms with Gasteiger partial charge >= 0.3 is 6.03 Å². The highest BCUT2D eigenvalue weighted by molar-refractivity contribution is 6.10. The zero-order chi connectivity index (χ0) is 13.4. The van der Waals surface area contributed by atoms with Crippen molar-refractivity contribution < 1.29 is 9.59 Å². The summed E-state index contributed by atoms with van der Waals surface area (Å²) in [7, 11) is 0. The van der Waals surface area contributed by atoms with Gasteiger partial charge in [-0.2, -0.15) is 0 Å². The van der Waals surface area contributed by atoms with Gasteiger partial charge in [0.1, 0.15) is 0 Å². The Morgan fingerprint density at radius 3 is 2.68 bits per heavy atom. The normalized spacial score (nSPS) is 19.6. The summed E-state index contributed by atoms with van der Waals surface area (Å²) in [6, 6.07) is 13.4. The maximum Gasteiger partial charge on any atom is 0.328 e. The molecule has 1 aliphatic heterocycles. The molecule has 1 atom stereocenters. The van der Waals surface area contributed by atoms with Gasteiger partial charge in [-0.05, 0) is 11.5 Å². The van der Waals surface area contributed by atoms with Crippen LogP contribution in [0.5, 0.6) is 0 Å². The molecule has 0 aliphatic carbocycles. The highest BCUT2D eigenvalue weighted by Crippen LogP contribution is 2.28. The van der Waals surface area contributed by atoms with E-state index in [-0.39, 0.29) is 17.9 Å². The molecule has 0 bridgehead atoms. The molecule has 1 heterocycles. The third-order valence-corrected chi connectivity index (χ3v) is 3.44. The molecule has 1 unspecified atom stereocenters. The maximum atomic E-state index is 12.0. The van der Waals surface area contributed by atoms with Crippen LogP contribution in [-0.2, 0) is 4.79 Å². The Morgan fingerprint density at radius 2 is 1.84 bits per heavy atom. The molecule has 0 saturated carbocycles. The summed E-state index contributed by atoms with van der Waals surface area (Å²) in [5.41, 5.74) is 0.843. The quantitative estimate of drug-likeness (QED) is 0.850. The highest BCUT2D eigenvalue weighted by Gasteiger charge is 2.30. The minimum atomic E-state index is -0.348. The van der Waals surface area contributed by atoms with Crippen molar-refractivity contribution in [3.8, 4) is 0 Å².